The van der Waals surface area contributed by atoms with E-state index in [1.165, 1.54) is 10.9 Å². The SMILES string of the molecule is C=C/C(=C\N(C)C)c1ccc2cnc(NCCCc3ccnc(N4CCN(CC)CC4)c3)cc2c1. The Labute approximate surface area is 210 Å². The maximum absolute atomic E-state index is 4.63. The van der Waals surface area contributed by atoms with E-state index >= 15 is 0 Å². The van der Waals surface area contributed by atoms with E-state index in [-0.39, 0.29) is 0 Å². The van der Waals surface area contributed by atoms with Gasteiger partial charge in [-0.15, -0.1) is 0 Å². The second kappa shape index (κ2) is 11.8. The Morgan fingerprint density at radius 1 is 1.06 bits per heavy atom. The van der Waals surface area contributed by atoms with Crippen LogP contribution in [0.5, 0.6) is 0 Å². The first-order valence-electron chi connectivity index (χ1n) is 12.6. The quantitative estimate of drug-likeness (QED) is 0.336. The van der Waals surface area contributed by atoms with Crippen molar-refractivity contribution in [3.8, 4) is 0 Å². The smallest absolute Gasteiger partial charge is 0.128 e. The molecule has 0 bridgehead atoms. The molecule has 3 heterocycles. The van der Waals surface area contributed by atoms with E-state index in [0.717, 1.165) is 80.3 Å². The first-order chi connectivity index (χ1) is 17.1. The van der Waals surface area contributed by atoms with Gasteiger partial charge >= 0.3 is 0 Å². The number of nitrogens with one attached hydrogen (secondary N) is 1. The van der Waals surface area contributed by atoms with Crippen LogP contribution in [-0.4, -0.2) is 73.1 Å². The number of fused-ring (bicyclic) bond motifs is 1. The average molecular weight is 471 g/mol. The number of pyridine rings is 2. The van der Waals surface area contributed by atoms with Crippen LogP contribution in [-0.2, 0) is 6.42 Å². The molecule has 4 rings (SSSR count). The first kappa shape index (κ1) is 24.7. The predicted molar refractivity (Wildman–Crippen MR) is 149 cm³/mol. The highest BCUT2D eigenvalue weighted by Crippen LogP contribution is 2.24. The van der Waals surface area contributed by atoms with E-state index in [0.29, 0.717) is 0 Å². The molecule has 0 spiro atoms. The predicted octanol–water partition coefficient (Wildman–Crippen LogP) is 4.90. The number of piperazine rings is 1. The van der Waals surface area contributed by atoms with Crippen LogP contribution in [0.15, 0.2) is 67.6 Å². The van der Waals surface area contributed by atoms with Crippen LogP contribution in [0.2, 0.25) is 0 Å². The van der Waals surface area contributed by atoms with Gasteiger partial charge in [0.1, 0.15) is 11.6 Å². The van der Waals surface area contributed by atoms with Crippen molar-refractivity contribution < 1.29 is 0 Å². The zero-order valence-corrected chi connectivity index (χ0v) is 21.4. The van der Waals surface area contributed by atoms with E-state index in [4.69, 9.17) is 0 Å². The van der Waals surface area contributed by atoms with Crippen molar-refractivity contribution in [3.63, 3.8) is 0 Å². The fourth-order valence-corrected chi connectivity index (χ4v) is 4.53. The average Bonchev–Trinajstić information content (AvgIpc) is 2.89. The lowest BCUT2D eigenvalue weighted by Crippen LogP contribution is -2.46. The molecule has 35 heavy (non-hydrogen) atoms. The van der Waals surface area contributed by atoms with Crippen molar-refractivity contribution in [1.29, 1.82) is 0 Å². The minimum Gasteiger partial charge on any atom is -0.383 e. The third kappa shape index (κ3) is 6.61. The van der Waals surface area contributed by atoms with Crippen molar-refractivity contribution in [2.45, 2.75) is 19.8 Å². The number of allylic oxidation sites excluding steroid dienone is 2. The van der Waals surface area contributed by atoms with E-state index in [9.17, 15) is 0 Å². The monoisotopic (exact) mass is 470 g/mol. The standard InChI is InChI=1S/C29H38N6/c1-5-24(22-33(3)4)25-9-10-26-21-32-28(20-27(26)19-25)30-12-7-8-23-11-13-31-29(18-23)35-16-14-34(6-2)15-17-35/h5,9-11,13,18-22H,1,6-8,12,14-17H2,2-4H3,(H,30,32)/b24-22+. The van der Waals surface area contributed by atoms with Gasteiger partial charge in [-0.25, -0.2) is 9.97 Å². The number of nitrogens with zero attached hydrogens (tertiary/aromatic N) is 5. The Morgan fingerprint density at radius 2 is 1.89 bits per heavy atom. The van der Waals surface area contributed by atoms with Crippen LogP contribution in [0.1, 0.15) is 24.5 Å². The molecule has 184 valence electrons. The summed E-state index contributed by atoms with van der Waals surface area (Å²) in [6, 6.07) is 13.0. The Kier molecular flexibility index (Phi) is 8.37. The summed E-state index contributed by atoms with van der Waals surface area (Å²) >= 11 is 0. The first-order valence-corrected chi connectivity index (χ1v) is 12.6. The highest BCUT2D eigenvalue weighted by molar-refractivity contribution is 5.88. The summed E-state index contributed by atoms with van der Waals surface area (Å²) in [5.41, 5.74) is 3.60. The molecule has 3 aromatic rings. The van der Waals surface area contributed by atoms with Crippen molar-refractivity contribution in [1.82, 2.24) is 19.8 Å². The summed E-state index contributed by atoms with van der Waals surface area (Å²) in [5, 5.41) is 5.82. The van der Waals surface area contributed by atoms with Gasteiger partial charge in [-0.05, 0) is 65.7 Å². The fraction of sp³-hybridized carbons (Fsp3) is 0.379. The molecule has 1 aromatic carbocycles. The van der Waals surface area contributed by atoms with Gasteiger partial charge in [0.05, 0.1) is 0 Å². The number of likely N-dealkylation sites (N-methyl/N-ethyl adjacent to an activating group) is 1. The second-order valence-corrected chi connectivity index (χ2v) is 9.36. The van der Waals surface area contributed by atoms with Gasteiger partial charge in [-0.3, -0.25) is 0 Å². The van der Waals surface area contributed by atoms with E-state index in [2.05, 4.69) is 81.2 Å². The van der Waals surface area contributed by atoms with Crippen LogP contribution >= 0.6 is 0 Å². The molecule has 1 aliphatic rings. The Hall–Kier alpha value is -3.38. The Bertz CT molecular complexity index is 1160. The van der Waals surface area contributed by atoms with Gasteiger partial charge in [0.2, 0.25) is 0 Å². The van der Waals surface area contributed by atoms with Gasteiger partial charge in [-0.2, -0.15) is 0 Å². The van der Waals surface area contributed by atoms with Crippen LogP contribution in [0.3, 0.4) is 0 Å². The summed E-state index contributed by atoms with van der Waals surface area (Å²) in [7, 11) is 4.05. The highest BCUT2D eigenvalue weighted by Gasteiger charge is 2.16. The molecule has 0 aliphatic carbocycles. The third-order valence-electron chi connectivity index (χ3n) is 6.57. The molecule has 1 fully saturated rings. The number of hydrogen-bond acceptors (Lipinski definition) is 6. The zero-order chi connectivity index (χ0) is 24.6. The molecule has 6 heteroatoms. The molecular formula is C29H38N6. The second-order valence-electron chi connectivity index (χ2n) is 9.36. The Balaban J connectivity index is 1.33. The topological polar surface area (TPSA) is 47.5 Å². The highest BCUT2D eigenvalue weighted by atomic mass is 15.3. The summed E-state index contributed by atoms with van der Waals surface area (Å²) in [6.45, 7) is 12.6. The molecule has 0 amide bonds. The maximum Gasteiger partial charge on any atom is 0.128 e. The number of benzene rings is 1. The molecule has 1 aliphatic heterocycles. The lowest BCUT2D eigenvalue weighted by molar-refractivity contribution is 0.270. The minimum atomic E-state index is 0.878. The lowest BCUT2D eigenvalue weighted by atomic mass is 10.0. The number of aryl methyl sites for hydroxylation is 1. The summed E-state index contributed by atoms with van der Waals surface area (Å²) < 4.78 is 0. The third-order valence-corrected chi connectivity index (χ3v) is 6.57. The minimum absolute atomic E-state index is 0.878. The molecule has 0 unspecified atom stereocenters. The van der Waals surface area contributed by atoms with E-state index < -0.39 is 0 Å². The van der Waals surface area contributed by atoms with Crippen molar-refractivity contribution in [2.75, 3.05) is 63.6 Å². The van der Waals surface area contributed by atoms with Crippen LogP contribution in [0, 0.1) is 0 Å². The van der Waals surface area contributed by atoms with Crippen molar-refractivity contribution in [2.24, 2.45) is 0 Å². The molecule has 1 saturated heterocycles. The lowest BCUT2D eigenvalue weighted by Gasteiger charge is -2.34. The number of hydrogen-bond donors (Lipinski definition) is 1. The summed E-state index contributed by atoms with van der Waals surface area (Å²) in [5.74, 6) is 2.02. The van der Waals surface area contributed by atoms with Crippen molar-refractivity contribution in [3.05, 3.63) is 78.8 Å². The molecule has 0 saturated carbocycles. The number of aromatic nitrogens is 2. The van der Waals surface area contributed by atoms with E-state index in [1.807, 2.05) is 37.5 Å². The fourth-order valence-electron chi connectivity index (χ4n) is 4.53. The normalized spacial score (nSPS) is 14.8. The summed E-state index contributed by atoms with van der Waals surface area (Å²) in [4.78, 5) is 16.2. The van der Waals surface area contributed by atoms with Gasteiger partial charge in [0, 0.05) is 70.8 Å². The van der Waals surface area contributed by atoms with Crippen LogP contribution in [0.25, 0.3) is 16.3 Å². The molecule has 6 nitrogen and oxygen atoms in total. The van der Waals surface area contributed by atoms with Gasteiger partial charge < -0.3 is 20.0 Å². The largest absolute Gasteiger partial charge is 0.383 e. The molecule has 1 N–H and O–H groups in total. The van der Waals surface area contributed by atoms with Crippen LogP contribution in [0.4, 0.5) is 11.6 Å². The molecule has 2 aromatic heterocycles. The van der Waals surface area contributed by atoms with Crippen molar-refractivity contribution >= 4 is 28.0 Å². The van der Waals surface area contributed by atoms with Gasteiger partial charge in [0.25, 0.3) is 0 Å². The molecule has 0 radical (unpaired) electrons. The molecular weight excluding hydrogens is 432 g/mol. The number of anilines is 2. The zero-order valence-electron chi connectivity index (χ0n) is 21.4. The number of rotatable bonds is 10. The Morgan fingerprint density at radius 3 is 2.63 bits per heavy atom. The van der Waals surface area contributed by atoms with Gasteiger partial charge in [0.15, 0.2) is 0 Å². The maximum atomic E-state index is 4.63. The summed E-state index contributed by atoms with van der Waals surface area (Å²) in [6.07, 6.45) is 9.95. The van der Waals surface area contributed by atoms with Crippen LogP contribution < -0.4 is 10.2 Å². The van der Waals surface area contributed by atoms with E-state index in [1.54, 1.807) is 0 Å². The molecule has 0 atom stereocenters. The van der Waals surface area contributed by atoms with Gasteiger partial charge in [-0.1, -0.05) is 31.7 Å².